The van der Waals surface area contributed by atoms with Crippen LogP contribution >= 0.6 is 12.4 Å². The van der Waals surface area contributed by atoms with Crippen molar-refractivity contribution in [2.24, 2.45) is 11.7 Å². The lowest BCUT2D eigenvalue weighted by Crippen LogP contribution is -2.42. The highest BCUT2D eigenvalue weighted by Gasteiger charge is 2.27. The Morgan fingerprint density at radius 3 is 2.47 bits per heavy atom. The fraction of sp³-hybridized carbons (Fsp3) is 0.500. The highest BCUT2D eigenvalue weighted by atomic mass is 35.5. The summed E-state index contributed by atoms with van der Waals surface area (Å²) in [6.45, 7) is 2.97. The van der Waals surface area contributed by atoms with Crippen molar-refractivity contribution >= 4 is 18.3 Å². The fourth-order valence-corrected chi connectivity index (χ4v) is 1.94. The minimum Gasteiger partial charge on any atom is -0.337 e. The Morgan fingerprint density at radius 2 is 2.00 bits per heavy atom. The molecule has 0 bridgehead atoms. The fourth-order valence-electron chi connectivity index (χ4n) is 1.94. The van der Waals surface area contributed by atoms with Crippen molar-refractivity contribution < 1.29 is 9.18 Å². The minimum absolute atomic E-state index is 0. The summed E-state index contributed by atoms with van der Waals surface area (Å²) < 4.78 is 12.8. The van der Waals surface area contributed by atoms with Gasteiger partial charge in [0, 0.05) is 13.1 Å². The molecule has 1 atom stereocenters. The Balaban J connectivity index is 0.00000180. The molecular weight excluding hydrogens is 267 g/mol. The van der Waals surface area contributed by atoms with Gasteiger partial charge in [0.15, 0.2) is 0 Å². The Bertz CT molecular complexity index is 418. The predicted molar refractivity (Wildman–Crippen MR) is 75.4 cm³/mol. The van der Waals surface area contributed by atoms with Crippen LogP contribution in [0.4, 0.5) is 4.39 Å². The molecule has 1 amide bonds. The Kier molecular flexibility index (Phi) is 5.76. The van der Waals surface area contributed by atoms with Crippen LogP contribution in [0.3, 0.4) is 0 Å². The van der Waals surface area contributed by atoms with E-state index in [9.17, 15) is 9.18 Å². The molecule has 1 saturated carbocycles. The lowest BCUT2D eigenvalue weighted by atomic mass is 10.2. The van der Waals surface area contributed by atoms with Gasteiger partial charge in [-0.05, 0) is 43.4 Å². The zero-order valence-corrected chi connectivity index (χ0v) is 11.8. The number of hydrogen-bond donors (Lipinski definition) is 1. The van der Waals surface area contributed by atoms with Crippen LogP contribution in [-0.2, 0) is 11.3 Å². The first-order valence-corrected chi connectivity index (χ1v) is 6.35. The summed E-state index contributed by atoms with van der Waals surface area (Å²) in [5, 5.41) is 0. The first-order valence-electron chi connectivity index (χ1n) is 6.35. The average molecular weight is 287 g/mol. The molecule has 1 fully saturated rings. The summed E-state index contributed by atoms with van der Waals surface area (Å²) in [6, 6.07) is 5.78. The molecule has 0 saturated heterocycles. The summed E-state index contributed by atoms with van der Waals surface area (Å²) in [5.74, 6) is 0.324. The number of carbonyl (C=O) groups excluding carboxylic acids is 1. The lowest BCUT2D eigenvalue weighted by molar-refractivity contribution is -0.133. The van der Waals surface area contributed by atoms with Crippen molar-refractivity contribution in [3.05, 3.63) is 35.6 Å². The van der Waals surface area contributed by atoms with Crippen LogP contribution in [0.1, 0.15) is 25.3 Å². The normalized spacial score (nSPS) is 15.5. The Labute approximate surface area is 119 Å². The molecule has 0 aromatic heterocycles. The van der Waals surface area contributed by atoms with Crippen LogP contribution in [0.2, 0.25) is 0 Å². The molecule has 1 aliphatic rings. The predicted octanol–water partition coefficient (Wildman–Crippen LogP) is 2.33. The monoisotopic (exact) mass is 286 g/mol. The number of nitrogens with zero attached hydrogens (tertiary/aromatic N) is 1. The molecule has 19 heavy (non-hydrogen) atoms. The van der Waals surface area contributed by atoms with E-state index in [1.165, 1.54) is 25.0 Å². The van der Waals surface area contributed by atoms with Crippen molar-refractivity contribution in [1.29, 1.82) is 0 Å². The molecule has 1 aliphatic carbocycles. The SMILES string of the molecule is C[C@H](N)C(=O)N(Cc1ccc(F)cc1)CC1CC1.Cl. The van der Waals surface area contributed by atoms with E-state index in [1.807, 2.05) is 0 Å². The molecule has 2 rings (SSSR count). The van der Waals surface area contributed by atoms with Crippen LogP contribution in [-0.4, -0.2) is 23.4 Å². The highest BCUT2D eigenvalue weighted by Crippen LogP contribution is 2.30. The molecule has 0 aliphatic heterocycles. The van der Waals surface area contributed by atoms with E-state index in [0.717, 1.165) is 12.1 Å². The van der Waals surface area contributed by atoms with E-state index in [0.29, 0.717) is 12.5 Å². The third-order valence-corrected chi connectivity index (χ3v) is 3.16. The minimum atomic E-state index is -0.482. The number of halogens is 2. The van der Waals surface area contributed by atoms with Gasteiger partial charge in [-0.25, -0.2) is 4.39 Å². The van der Waals surface area contributed by atoms with Gasteiger partial charge in [0.05, 0.1) is 6.04 Å². The molecule has 5 heteroatoms. The van der Waals surface area contributed by atoms with Crippen LogP contribution < -0.4 is 5.73 Å². The summed E-state index contributed by atoms with van der Waals surface area (Å²) in [4.78, 5) is 13.8. The van der Waals surface area contributed by atoms with Gasteiger partial charge in [0.1, 0.15) is 5.82 Å². The first kappa shape index (κ1) is 15.9. The van der Waals surface area contributed by atoms with Gasteiger partial charge in [0.25, 0.3) is 0 Å². The standard InChI is InChI=1S/C14H19FN2O.ClH/c1-10(16)14(18)17(8-11-2-3-11)9-12-4-6-13(15)7-5-12;/h4-7,10-11H,2-3,8-9,16H2,1H3;1H/t10-;/m0./s1. The molecular formula is C14H20ClFN2O. The number of rotatable bonds is 5. The maximum absolute atomic E-state index is 12.8. The average Bonchev–Trinajstić information content (AvgIpc) is 3.14. The number of nitrogens with two attached hydrogens (primary N) is 1. The number of hydrogen-bond acceptors (Lipinski definition) is 2. The largest absolute Gasteiger partial charge is 0.337 e. The number of amides is 1. The summed E-state index contributed by atoms with van der Waals surface area (Å²) in [6.07, 6.45) is 2.37. The van der Waals surface area contributed by atoms with E-state index in [4.69, 9.17) is 5.73 Å². The molecule has 0 heterocycles. The zero-order valence-electron chi connectivity index (χ0n) is 11.0. The van der Waals surface area contributed by atoms with Crippen LogP contribution in [0, 0.1) is 11.7 Å². The van der Waals surface area contributed by atoms with Gasteiger partial charge in [-0.15, -0.1) is 12.4 Å². The second-order valence-corrected chi connectivity index (χ2v) is 5.08. The molecule has 1 aromatic rings. The van der Waals surface area contributed by atoms with Crippen molar-refractivity contribution in [2.75, 3.05) is 6.54 Å². The van der Waals surface area contributed by atoms with Gasteiger partial charge >= 0.3 is 0 Å². The van der Waals surface area contributed by atoms with E-state index in [-0.39, 0.29) is 24.1 Å². The van der Waals surface area contributed by atoms with Crippen molar-refractivity contribution in [1.82, 2.24) is 4.90 Å². The first-order chi connectivity index (χ1) is 8.56. The topological polar surface area (TPSA) is 46.3 Å². The number of benzene rings is 1. The highest BCUT2D eigenvalue weighted by molar-refractivity contribution is 5.85. The quantitative estimate of drug-likeness (QED) is 0.903. The molecule has 2 N–H and O–H groups in total. The smallest absolute Gasteiger partial charge is 0.239 e. The molecule has 106 valence electrons. The maximum atomic E-state index is 12.8. The molecule has 0 unspecified atom stereocenters. The van der Waals surface area contributed by atoms with Crippen LogP contribution in [0.25, 0.3) is 0 Å². The lowest BCUT2D eigenvalue weighted by Gasteiger charge is -2.24. The summed E-state index contributed by atoms with van der Waals surface area (Å²) in [5.41, 5.74) is 6.60. The van der Waals surface area contributed by atoms with E-state index in [2.05, 4.69) is 0 Å². The van der Waals surface area contributed by atoms with Crippen LogP contribution in [0.15, 0.2) is 24.3 Å². The molecule has 3 nitrogen and oxygen atoms in total. The molecule has 0 radical (unpaired) electrons. The van der Waals surface area contributed by atoms with Gasteiger partial charge in [-0.2, -0.15) is 0 Å². The van der Waals surface area contributed by atoms with Crippen LogP contribution in [0.5, 0.6) is 0 Å². The van der Waals surface area contributed by atoms with Gasteiger partial charge in [-0.3, -0.25) is 4.79 Å². The van der Waals surface area contributed by atoms with Gasteiger partial charge in [0.2, 0.25) is 5.91 Å². The van der Waals surface area contributed by atoms with Crippen molar-refractivity contribution in [3.63, 3.8) is 0 Å². The second kappa shape index (κ2) is 6.87. The Hall–Kier alpha value is -1.13. The zero-order chi connectivity index (χ0) is 13.1. The summed E-state index contributed by atoms with van der Waals surface area (Å²) in [7, 11) is 0. The third-order valence-electron chi connectivity index (χ3n) is 3.16. The second-order valence-electron chi connectivity index (χ2n) is 5.08. The van der Waals surface area contributed by atoms with E-state index < -0.39 is 6.04 Å². The van der Waals surface area contributed by atoms with E-state index in [1.54, 1.807) is 24.0 Å². The molecule has 1 aromatic carbocycles. The summed E-state index contributed by atoms with van der Waals surface area (Å²) >= 11 is 0. The van der Waals surface area contributed by atoms with Gasteiger partial charge < -0.3 is 10.6 Å². The maximum Gasteiger partial charge on any atom is 0.239 e. The molecule has 0 spiro atoms. The Morgan fingerprint density at radius 1 is 1.42 bits per heavy atom. The number of carbonyl (C=O) groups is 1. The van der Waals surface area contributed by atoms with Crippen molar-refractivity contribution in [3.8, 4) is 0 Å². The van der Waals surface area contributed by atoms with Crippen molar-refractivity contribution in [2.45, 2.75) is 32.4 Å². The van der Waals surface area contributed by atoms with E-state index >= 15 is 0 Å². The third kappa shape index (κ3) is 4.80. The van der Waals surface area contributed by atoms with Gasteiger partial charge in [-0.1, -0.05) is 12.1 Å².